The van der Waals surface area contributed by atoms with Crippen LogP contribution in [0, 0.1) is 0 Å². The third kappa shape index (κ3) is 8.74. The van der Waals surface area contributed by atoms with Crippen LogP contribution >= 0.6 is 0 Å². The number of unbranched alkanes of at least 4 members (excludes halogenated alkanes) is 1. The van der Waals surface area contributed by atoms with Crippen molar-refractivity contribution in [2.24, 2.45) is 4.99 Å². The van der Waals surface area contributed by atoms with Crippen molar-refractivity contribution in [1.29, 1.82) is 0 Å². The molecule has 0 heterocycles. The normalized spacial score (nSPS) is 11.4. The van der Waals surface area contributed by atoms with E-state index in [1.807, 2.05) is 31.2 Å². The van der Waals surface area contributed by atoms with Crippen molar-refractivity contribution in [2.75, 3.05) is 47.1 Å². The van der Waals surface area contributed by atoms with Crippen LogP contribution < -0.4 is 15.4 Å². The summed E-state index contributed by atoms with van der Waals surface area (Å²) in [5.41, 5.74) is 1.05. The Labute approximate surface area is 145 Å². The van der Waals surface area contributed by atoms with Gasteiger partial charge in [0.1, 0.15) is 5.75 Å². The topological polar surface area (TPSA) is 64.1 Å². The summed E-state index contributed by atoms with van der Waals surface area (Å²) in [6, 6.07) is 7.88. The third-order valence-corrected chi connectivity index (χ3v) is 3.42. The van der Waals surface area contributed by atoms with Gasteiger partial charge in [0, 0.05) is 38.9 Å². The molecule has 0 spiro atoms. The van der Waals surface area contributed by atoms with Crippen LogP contribution in [0.3, 0.4) is 0 Å². The molecule has 6 heteroatoms. The lowest BCUT2D eigenvalue weighted by Gasteiger charge is -2.12. The molecule has 0 aliphatic rings. The van der Waals surface area contributed by atoms with Gasteiger partial charge in [-0.15, -0.1) is 0 Å². The molecular formula is C18H31N3O3. The highest BCUT2D eigenvalue weighted by Gasteiger charge is 2.01. The lowest BCUT2D eigenvalue weighted by Crippen LogP contribution is -2.39. The van der Waals surface area contributed by atoms with Gasteiger partial charge < -0.3 is 24.8 Å². The molecule has 0 saturated carbocycles. The third-order valence-electron chi connectivity index (χ3n) is 3.42. The Bertz CT molecular complexity index is 467. The average molecular weight is 337 g/mol. The molecule has 0 atom stereocenters. The molecule has 0 aliphatic carbocycles. The number of hydrogen-bond acceptors (Lipinski definition) is 4. The lowest BCUT2D eigenvalue weighted by molar-refractivity contribution is 0.123. The predicted molar refractivity (Wildman–Crippen MR) is 97.7 cm³/mol. The van der Waals surface area contributed by atoms with Crippen molar-refractivity contribution in [2.45, 2.75) is 26.4 Å². The molecule has 0 aliphatic heterocycles. The maximum atomic E-state index is 5.69. The Kier molecular flexibility index (Phi) is 11.5. The summed E-state index contributed by atoms with van der Waals surface area (Å²) in [5, 5.41) is 6.52. The highest BCUT2D eigenvalue weighted by atomic mass is 16.5. The first-order valence-electron chi connectivity index (χ1n) is 8.53. The summed E-state index contributed by atoms with van der Waals surface area (Å²) in [7, 11) is 3.44. The molecule has 1 rings (SSSR count). The summed E-state index contributed by atoms with van der Waals surface area (Å²) in [6.07, 6.45) is 2.12. The van der Waals surface area contributed by atoms with Crippen LogP contribution in [0.4, 0.5) is 0 Å². The number of rotatable bonds is 12. The van der Waals surface area contributed by atoms with E-state index in [2.05, 4.69) is 15.6 Å². The number of benzene rings is 1. The maximum Gasteiger partial charge on any atom is 0.191 e. The molecule has 0 aromatic heterocycles. The van der Waals surface area contributed by atoms with Crippen LogP contribution in [0.1, 0.15) is 25.3 Å². The number of methoxy groups -OCH3 is 1. The Balaban J connectivity index is 2.10. The number of hydrogen-bond donors (Lipinski definition) is 2. The van der Waals surface area contributed by atoms with Crippen molar-refractivity contribution < 1.29 is 14.2 Å². The SMILES string of the molecule is CCOCCCCNC(=NC)NCCOCc1ccccc1OC. The highest BCUT2D eigenvalue weighted by Crippen LogP contribution is 2.17. The second-order valence-electron chi connectivity index (χ2n) is 5.19. The van der Waals surface area contributed by atoms with Crippen LogP contribution in [0.15, 0.2) is 29.3 Å². The fraction of sp³-hybridized carbons (Fsp3) is 0.611. The van der Waals surface area contributed by atoms with E-state index in [1.54, 1.807) is 14.2 Å². The van der Waals surface area contributed by atoms with Crippen molar-refractivity contribution >= 4 is 5.96 Å². The van der Waals surface area contributed by atoms with Gasteiger partial charge in [0.2, 0.25) is 0 Å². The van der Waals surface area contributed by atoms with Gasteiger partial charge in [-0.3, -0.25) is 4.99 Å². The van der Waals surface area contributed by atoms with Gasteiger partial charge in [-0.05, 0) is 25.8 Å². The molecule has 0 bridgehead atoms. The second-order valence-corrected chi connectivity index (χ2v) is 5.19. The molecule has 136 valence electrons. The summed E-state index contributed by atoms with van der Waals surface area (Å²) < 4.78 is 16.3. The van der Waals surface area contributed by atoms with Crippen LogP contribution in [-0.2, 0) is 16.1 Å². The number of nitrogens with one attached hydrogen (secondary N) is 2. The summed E-state index contributed by atoms with van der Waals surface area (Å²) in [4.78, 5) is 4.19. The molecule has 0 fully saturated rings. The molecule has 0 saturated heterocycles. The predicted octanol–water partition coefficient (Wildman–Crippen LogP) is 2.19. The number of para-hydroxylation sites is 1. The van der Waals surface area contributed by atoms with Gasteiger partial charge in [0.05, 0.1) is 20.3 Å². The average Bonchev–Trinajstić information content (AvgIpc) is 2.62. The van der Waals surface area contributed by atoms with Gasteiger partial charge in [-0.25, -0.2) is 0 Å². The zero-order chi connectivity index (χ0) is 17.5. The molecule has 1 aromatic carbocycles. The van der Waals surface area contributed by atoms with Gasteiger partial charge in [0.15, 0.2) is 5.96 Å². The van der Waals surface area contributed by atoms with Crippen molar-refractivity contribution in [3.05, 3.63) is 29.8 Å². The first-order chi connectivity index (χ1) is 11.8. The molecule has 0 unspecified atom stereocenters. The Morgan fingerprint density at radius 2 is 1.83 bits per heavy atom. The standard InChI is InChI=1S/C18H31N3O3/c1-4-23-13-8-7-11-20-18(19-2)21-12-14-24-15-16-9-5-6-10-17(16)22-3/h5-6,9-10H,4,7-8,11-15H2,1-3H3,(H2,19,20,21). The van der Waals surface area contributed by atoms with E-state index in [9.17, 15) is 0 Å². The van der Waals surface area contributed by atoms with Gasteiger partial charge in [0.25, 0.3) is 0 Å². The van der Waals surface area contributed by atoms with Crippen molar-refractivity contribution in [3.8, 4) is 5.75 Å². The Morgan fingerprint density at radius 1 is 1.04 bits per heavy atom. The largest absolute Gasteiger partial charge is 0.496 e. The summed E-state index contributed by atoms with van der Waals surface area (Å²) in [5.74, 6) is 1.65. The van der Waals surface area contributed by atoms with E-state index < -0.39 is 0 Å². The minimum atomic E-state index is 0.537. The molecule has 0 amide bonds. The van der Waals surface area contributed by atoms with Gasteiger partial charge in [-0.1, -0.05) is 18.2 Å². The first-order valence-corrected chi connectivity index (χ1v) is 8.53. The number of aliphatic imine (C=N–C) groups is 1. The molecule has 0 radical (unpaired) electrons. The molecule has 2 N–H and O–H groups in total. The zero-order valence-electron chi connectivity index (χ0n) is 15.1. The van der Waals surface area contributed by atoms with Crippen molar-refractivity contribution in [1.82, 2.24) is 10.6 Å². The number of ether oxygens (including phenoxy) is 3. The maximum absolute atomic E-state index is 5.69. The van der Waals surface area contributed by atoms with E-state index in [4.69, 9.17) is 14.2 Å². The smallest absolute Gasteiger partial charge is 0.191 e. The van der Waals surface area contributed by atoms with Gasteiger partial charge in [-0.2, -0.15) is 0 Å². The zero-order valence-corrected chi connectivity index (χ0v) is 15.1. The molecular weight excluding hydrogens is 306 g/mol. The molecule has 24 heavy (non-hydrogen) atoms. The van der Waals surface area contributed by atoms with E-state index in [0.29, 0.717) is 19.8 Å². The molecule has 6 nitrogen and oxygen atoms in total. The summed E-state index contributed by atoms with van der Waals surface area (Å²) in [6.45, 7) is 6.34. The fourth-order valence-corrected chi connectivity index (χ4v) is 2.15. The van der Waals surface area contributed by atoms with Crippen LogP contribution in [0.5, 0.6) is 5.75 Å². The lowest BCUT2D eigenvalue weighted by atomic mass is 10.2. The number of guanidine groups is 1. The fourth-order valence-electron chi connectivity index (χ4n) is 2.15. The molecule has 1 aromatic rings. The number of nitrogens with zero attached hydrogens (tertiary/aromatic N) is 1. The van der Waals surface area contributed by atoms with Crippen LogP contribution in [0.2, 0.25) is 0 Å². The summed E-state index contributed by atoms with van der Waals surface area (Å²) >= 11 is 0. The van der Waals surface area contributed by atoms with E-state index in [1.165, 1.54) is 0 Å². The van der Waals surface area contributed by atoms with Crippen molar-refractivity contribution in [3.63, 3.8) is 0 Å². The quantitative estimate of drug-likeness (QED) is 0.348. The van der Waals surface area contributed by atoms with E-state index in [0.717, 1.165) is 49.9 Å². The van der Waals surface area contributed by atoms with Crippen LogP contribution in [0.25, 0.3) is 0 Å². The minimum absolute atomic E-state index is 0.537. The first kappa shape index (κ1) is 20.3. The van der Waals surface area contributed by atoms with Gasteiger partial charge >= 0.3 is 0 Å². The Hall–Kier alpha value is -1.79. The minimum Gasteiger partial charge on any atom is -0.496 e. The Morgan fingerprint density at radius 3 is 2.58 bits per heavy atom. The van der Waals surface area contributed by atoms with E-state index in [-0.39, 0.29) is 0 Å². The second kappa shape index (κ2) is 13.6. The highest BCUT2D eigenvalue weighted by molar-refractivity contribution is 5.79. The van der Waals surface area contributed by atoms with E-state index >= 15 is 0 Å². The monoisotopic (exact) mass is 337 g/mol. The van der Waals surface area contributed by atoms with Crippen LogP contribution in [-0.4, -0.2) is 53.0 Å².